The highest BCUT2D eigenvalue weighted by molar-refractivity contribution is 5.72. The highest BCUT2D eigenvalue weighted by Gasteiger charge is 2.40. The normalized spacial score (nSPS) is 29.3. The third-order valence-corrected chi connectivity index (χ3v) is 6.42. The number of rotatable bonds is 10. The van der Waals surface area contributed by atoms with Gasteiger partial charge >= 0.3 is 11.9 Å². The number of carbonyl (C=O) groups excluding carboxylic acids is 1. The van der Waals surface area contributed by atoms with Gasteiger partial charge in [0.15, 0.2) is 0 Å². The number of ether oxygens (including phenoxy) is 1. The number of hydrogen-bond acceptors (Lipinski definition) is 5. The molecule has 0 aromatic carbocycles. The first-order valence-electron chi connectivity index (χ1n) is 10.9. The average Bonchev–Trinajstić information content (AvgIpc) is 2.66. The summed E-state index contributed by atoms with van der Waals surface area (Å²) in [6.45, 7) is 6.01. The van der Waals surface area contributed by atoms with Crippen molar-refractivity contribution in [2.24, 2.45) is 23.7 Å². The number of fused-ring (bicyclic) bond motifs is 1. The molecule has 0 aromatic heterocycles. The molecule has 0 bridgehead atoms. The molecule has 0 radical (unpaired) electrons. The van der Waals surface area contributed by atoms with Crippen molar-refractivity contribution in [2.45, 2.75) is 84.0 Å². The number of aliphatic hydroxyl groups excluding tert-OH is 2. The summed E-state index contributed by atoms with van der Waals surface area (Å²) < 4.78 is 5.93. The number of allylic oxidation sites excluding steroid dienone is 3. The first-order valence-corrected chi connectivity index (χ1v) is 10.9. The summed E-state index contributed by atoms with van der Waals surface area (Å²) in [7, 11) is 0. The van der Waals surface area contributed by atoms with Gasteiger partial charge in [0.1, 0.15) is 6.10 Å². The van der Waals surface area contributed by atoms with Gasteiger partial charge in [-0.05, 0) is 55.9 Å². The summed E-state index contributed by atoms with van der Waals surface area (Å²) in [6.07, 6.45) is 7.97. The summed E-state index contributed by atoms with van der Waals surface area (Å²) in [6, 6.07) is 0. The second-order valence-corrected chi connectivity index (χ2v) is 8.69. The van der Waals surface area contributed by atoms with E-state index in [0.29, 0.717) is 6.42 Å². The van der Waals surface area contributed by atoms with Gasteiger partial charge in [-0.2, -0.15) is 0 Å². The van der Waals surface area contributed by atoms with Gasteiger partial charge in [-0.3, -0.25) is 9.59 Å². The molecular weight excluding hydrogens is 372 g/mol. The smallest absolute Gasteiger partial charge is 0.308 e. The number of aliphatic hydroxyl groups is 2. The monoisotopic (exact) mass is 408 g/mol. The predicted molar refractivity (Wildman–Crippen MR) is 110 cm³/mol. The number of carbonyl (C=O) groups is 2. The predicted octanol–water partition coefficient (Wildman–Crippen LogP) is 3.47. The highest BCUT2D eigenvalue weighted by atomic mass is 16.5. The number of aliphatic carboxylic acids is 1. The Balaban J connectivity index is 2.03. The van der Waals surface area contributed by atoms with Crippen molar-refractivity contribution in [3.63, 3.8) is 0 Å². The molecule has 2 rings (SSSR count). The molecule has 6 heteroatoms. The minimum Gasteiger partial charge on any atom is -0.481 e. The second kappa shape index (κ2) is 10.9. The molecule has 0 fully saturated rings. The zero-order chi connectivity index (χ0) is 21.6. The van der Waals surface area contributed by atoms with Crippen molar-refractivity contribution in [3.05, 3.63) is 23.8 Å². The zero-order valence-electron chi connectivity index (χ0n) is 17.8. The van der Waals surface area contributed by atoms with E-state index in [1.807, 2.05) is 13.8 Å². The number of esters is 1. The molecule has 0 saturated heterocycles. The molecule has 29 heavy (non-hydrogen) atoms. The summed E-state index contributed by atoms with van der Waals surface area (Å²) in [5.74, 6) is -0.691. The van der Waals surface area contributed by atoms with Crippen molar-refractivity contribution >= 4 is 11.9 Å². The number of hydrogen-bond donors (Lipinski definition) is 3. The maximum absolute atomic E-state index is 12.4. The molecule has 3 N–H and O–H groups in total. The largest absolute Gasteiger partial charge is 0.481 e. The molecule has 0 heterocycles. The Morgan fingerprint density at radius 2 is 2.00 bits per heavy atom. The van der Waals surface area contributed by atoms with E-state index in [9.17, 15) is 19.8 Å². The van der Waals surface area contributed by atoms with Crippen molar-refractivity contribution < 1.29 is 29.6 Å². The standard InChI is InChI=1S/C23H36O6/c1-4-14(2)23(28)29-20-7-5-6-16-9-8-15(3)19(22(16)20)11-10-17(24)12-18(25)13-21(26)27/h6,8-9,14-15,17-20,22,24-25H,4-5,7,10-13H2,1-3H3,(H,26,27)/t14-,15+,17+,18+,19-,20-,22-/m0/s1. The fraction of sp³-hybridized carbons (Fsp3) is 0.739. The molecule has 0 aliphatic heterocycles. The Hall–Kier alpha value is -1.66. The van der Waals surface area contributed by atoms with Crippen LogP contribution in [0.2, 0.25) is 0 Å². The second-order valence-electron chi connectivity index (χ2n) is 8.69. The Morgan fingerprint density at radius 1 is 1.28 bits per heavy atom. The SMILES string of the molecule is CC[C@H](C)C(=O)O[C@H]1CCC=C2C=C[C@@H](C)[C@H](CC[C@@H](O)C[C@@H](O)CC(=O)O)[C@H]21. The van der Waals surface area contributed by atoms with Crippen LogP contribution < -0.4 is 0 Å². The molecule has 0 amide bonds. The van der Waals surface area contributed by atoms with Gasteiger partial charge in [0, 0.05) is 5.92 Å². The number of carboxylic acids is 1. The first kappa shape index (κ1) is 23.6. The lowest BCUT2D eigenvalue weighted by Gasteiger charge is -2.42. The van der Waals surface area contributed by atoms with Crippen LogP contribution in [-0.2, 0) is 14.3 Å². The lowest BCUT2D eigenvalue weighted by atomic mass is 9.66. The molecule has 2 aliphatic carbocycles. The van der Waals surface area contributed by atoms with E-state index in [2.05, 4.69) is 25.2 Å². The average molecular weight is 409 g/mol. The van der Waals surface area contributed by atoms with Gasteiger partial charge in [0.2, 0.25) is 0 Å². The summed E-state index contributed by atoms with van der Waals surface area (Å²) in [5.41, 5.74) is 1.21. The minimum atomic E-state index is -1.07. The Morgan fingerprint density at radius 3 is 2.66 bits per heavy atom. The summed E-state index contributed by atoms with van der Waals surface area (Å²) in [4.78, 5) is 23.1. The van der Waals surface area contributed by atoms with Crippen LogP contribution in [0.3, 0.4) is 0 Å². The summed E-state index contributed by atoms with van der Waals surface area (Å²) >= 11 is 0. The van der Waals surface area contributed by atoms with Crippen LogP contribution in [0.1, 0.15) is 65.7 Å². The van der Waals surface area contributed by atoms with Crippen molar-refractivity contribution in [3.8, 4) is 0 Å². The van der Waals surface area contributed by atoms with Gasteiger partial charge < -0.3 is 20.1 Å². The first-order chi connectivity index (χ1) is 13.7. The van der Waals surface area contributed by atoms with Crippen LogP contribution in [0, 0.1) is 23.7 Å². The lowest BCUT2D eigenvalue weighted by molar-refractivity contribution is -0.158. The molecule has 0 aromatic rings. The van der Waals surface area contributed by atoms with Gasteiger partial charge in [-0.25, -0.2) is 0 Å². The fourth-order valence-electron chi connectivity index (χ4n) is 4.49. The molecule has 0 unspecified atom stereocenters. The van der Waals surface area contributed by atoms with Crippen molar-refractivity contribution in [2.75, 3.05) is 0 Å². The van der Waals surface area contributed by atoms with E-state index in [0.717, 1.165) is 25.7 Å². The van der Waals surface area contributed by atoms with E-state index in [4.69, 9.17) is 9.84 Å². The van der Waals surface area contributed by atoms with Crippen LogP contribution in [0.4, 0.5) is 0 Å². The van der Waals surface area contributed by atoms with Crippen LogP contribution in [-0.4, -0.2) is 45.6 Å². The topological polar surface area (TPSA) is 104 Å². The van der Waals surface area contributed by atoms with Crippen molar-refractivity contribution in [1.29, 1.82) is 0 Å². The quantitative estimate of drug-likeness (QED) is 0.478. The van der Waals surface area contributed by atoms with E-state index in [1.54, 1.807) is 0 Å². The Labute approximate surface area is 173 Å². The molecule has 6 nitrogen and oxygen atoms in total. The molecule has 164 valence electrons. The van der Waals surface area contributed by atoms with Gasteiger partial charge in [-0.1, -0.05) is 39.0 Å². The third kappa shape index (κ3) is 6.68. The van der Waals surface area contributed by atoms with Crippen LogP contribution in [0.5, 0.6) is 0 Å². The van der Waals surface area contributed by atoms with Gasteiger partial charge in [0.25, 0.3) is 0 Å². The summed E-state index contributed by atoms with van der Waals surface area (Å²) in [5, 5.41) is 28.8. The van der Waals surface area contributed by atoms with Crippen molar-refractivity contribution in [1.82, 2.24) is 0 Å². The molecule has 2 aliphatic rings. The van der Waals surface area contributed by atoms with Crippen LogP contribution in [0.15, 0.2) is 23.8 Å². The van der Waals surface area contributed by atoms with E-state index in [-0.39, 0.29) is 48.6 Å². The Kier molecular flexibility index (Phi) is 8.90. The fourth-order valence-corrected chi connectivity index (χ4v) is 4.49. The molecule has 0 saturated carbocycles. The lowest BCUT2D eigenvalue weighted by Crippen LogP contribution is -2.40. The maximum atomic E-state index is 12.4. The maximum Gasteiger partial charge on any atom is 0.308 e. The van der Waals surface area contributed by atoms with Crippen LogP contribution in [0.25, 0.3) is 0 Å². The van der Waals surface area contributed by atoms with Gasteiger partial charge in [-0.15, -0.1) is 0 Å². The molecular formula is C23H36O6. The van der Waals surface area contributed by atoms with E-state index < -0.39 is 18.2 Å². The zero-order valence-corrected chi connectivity index (χ0v) is 17.8. The van der Waals surface area contributed by atoms with E-state index in [1.165, 1.54) is 5.57 Å². The van der Waals surface area contributed by atoms with E-state index >= 15 is 0 Å². The number of carboxylic acid groups (broad SMARTS) is 1. The Bertz CT molecular complexity index is 625. The highest BCUT2D eigenvalue weighted by Crippen LogP contribution is 2.44. The minimum absolute atomic E-state index is 0.0586. The van der Waals surface area contributed by atoms with Gasteiger partial charge in [0.05, 0.1) is 24.5 Å². The van der Waals surface area contributed by atoms with Crippen LogP contribution >= 0.6 is 0 Å². The molecule has 0 spiro atoms. The molecule has 7 atom stereocenters. The third-order valence-electron chi connectivity index (χ3n) is 6.42.